The van der Waals surface area contributed by atoms with Crippen LogP contribution in [-0.2, 0) is 0 Å². The zero-order chi connectivity index (χ0) is 18.5. The minimum Gasteiger partial charge on any atom is -0.494 e. The average molecular weight is 354 g/mol. The van der Waals surface area contributed by atoms with Gasteiger partial charge >= 0.3 is 0 Å². The van der Waals surface area contributed by atoms with Crippen LogP contribution < -0.4 is 14.8 Å². The lowest BCUT2D eigenvalue weighted by Crippen LogP contribution is -2.32. The molecule has 2 amide bonds. The highest BCUT2D eigenvalue weighted by molar-refractivity contribution is 6.05. The lowest BCUT2D eigenvalue weighted by Gasteiger charge is -2.17. The van der Waals surface area contributed by atoms with Gasteiger partial charge in [-0.25, -0.2) is 0 Å². The van der Waals surface area contributed by atoms with Gasteiger partial charge in [-0.05, 0) is 56.3 Å². The Labute approximate surface area is 152 Å². The number of benzene rings is 2. The van der Waals surface area contributed by atoms with Crippen LogP contribution >= 0.6 is 0 Å². The molecule has 0 radical (unpaired) electrons. The number of anilines is 1. The summed E-state index contributed by atoms with van der Waals surface area (Å²) in [4.78, 5) is 26.8. The van der Waals surface area contributed by atoms with Gasteiger partial charge in [-0.2, -0.15) is 0 Å². The molecule has 6 heteroatoms. The molecular formula is C20H22N2O4. The molecule has 6 nitrogen and oxygen atoms in total. The molecule has 0 bridgehead atoms. The van der Waals surface area contributed by atoms with Gasteiger partial charge in [0.25, 0.3) is 11.8 Å². The third-order valence-corrected chi connectivity index (χ3v) is 4.18. The summed E-state index contributed by atoms with van der Waals surface area (Å²) < 4.78 is 11.0. The number of ether oxygens (including phenoxy) is 2. The number of hydrogen-bond donors (Lipinski definition) is 1. The van der Waals surface area contributed by atoms with Crippen molar-refractivity contribution in [3.63, 3.8) is 0 Å². The van der Waals surface area contributed by atoms with E-state index in [1.807, 2.05) is 13.8 Å². The van der Waals surface area contributed by atoms with E-state index in [9.17, 15) is 9.59 Å². The molecule has 0 unspecified atom stereocenters. The highest BCUT2D eigenvalue weighted by Crippen LogP contribution is 2.27. The van der Waals surface area contributed by atoms with Crippen LogP contribution in [0.2, 0.25) is 0 Å². The van der Waals surface area contributed by atoms with Crippen LogP contribution in [0.3, 0.4) is 0 Å². The molecule has 1 aliphatic heterocycles. The number of carbonyl (C=O) groups excluding carboxylic acids is 2. The Kier molecular flexibility index (Phi) is 5.41. The van der Waals surface area contributed by atoms with E-state index in [-0.39, 0.29) is 11.8 Å². The molecule has 3 rings (SSSR count). The molecule has 1 aliphatic rings. The molecule has 1 N–H and O–H groups in total. The largest absolute Gasteiger partial charge is 0.494 e. The van der Waals surface area contributed by atoms with Crippen LogP contribution in [0.5, 0.6) is 11.5 Å². The summed E-state index contributed by atoms with van der Waals surface area (Å²) in [6.07, 6.45) is 0. The van der Waals surface area contributed by atoms with E-state index in [0.717, 1.165) is 5.75 Å². The Morgan fingerprint density at radius 2 is 1.96 bits per heavy atom. The Bertz CT molecular complexity index is 802. The van der Waals surface area contributed by atoms with Crippen molar-refractivity contribution in [1.29, 1.82) is 0 Å². The Hall–Kier alpha value is -3.02. The minimum absolute atomic E-state index is 0.0860. The number of carbonyl (C=O) groups is 2. The summed E-state index contributed by atoms with van der Waals surface area (Å²) >= 11 is 0. The zero-order valence-corrected chi connectivity index (χ0v) is 15.0. The molecule has 0 atom stereocenters. The molecule has 0 aliphatic carbocycles. The predicted octanol–water partition coefficient (Wildman–Crippen LogP) is 3.19. The maximum atomic E-state index is 12.6. The lowest BCUT2D eigenvalue weighted by molar-refractivity contribution is 0.0764. The number of nitrogens with one attached hydrogen (secondary N) is 1. The van der Waals surface area contributed by atoms with Gasteiger partial charge in [-0.15, -0.1) is 0 Å². The number of fused-ring (bicyclic) bond motifs is 1. The molecule has 2 aromatic carbocycles. The molecule has 0 spiro atoms. The smallest absolute Gasteiger partial charge is 0.257 e. The van der Waals surface area contributed by atoms with Gasteiger partial charge < -0.3 is 19.7 Å². The highest BCUT2D eigenvalue weighted by Gasteiger charge is 2.23. The summed E-state index contributed by atoms with van der Waals surface area (Å²) in [5.74, 6) is 0.931. The first kappa shape index (κ1) is 17.8. The minimum atomic E-state index is -0.248. The molecule has 1 heterocycles. The number of nitrogens with zero attached hydrogens (tertiary/aromatic N) is 1. The van der Waals surface area contributed by atoms with Crippen LogP contribution in [-0.4, -0.2) is 43.0 Å². The van der Waals surface area contributed by atoms with Crippen LogP contribution in [0, 0.1) is 0 Å². The first-order chi connectivity index (χ1) is 12.6. The molecule has 0 aromatic heterocycles. The first-order valence-electron chi connectivity index (χ1n) is 8.72. The molecular weight excluding hydrogens is 332 g/mol. The molecule has 0 fully saturated rings. The molecule has 0 saturated heterocycles. The van der Waals surface area contributed by atoms with E-state index < -0.39 is 0 Å². The van der Waals surface area contributed by atoms with E-state index in [1.165, 1.54) is 0 Å². The highest BCUT2D eigenvalue weighted by atomic mass is 16.5. The average Bonchev–Trinajstić information content (AvgIpc) is 2.81. The van der Waals surface area contributed by atoms with Crippen molar-refractivity contribution in [3.8, 4) is 11.5 Å². The van der Waals surface area contributed by atoms with Crippen molar-refractivity contribution in [3.05, 3.63) is 53.6 Å². The maximum Gasteiger partial charge on any atom is 0.257 e. The number of rotatable bonds is 5. The van der Waals surface area contributed by atoms with Crippen molar-refractivity contribution < 1.29 is 19.1 Å². The second kappa shape index (κ2) is 7.91. The van der Waals surface area contributed by atoms with E-state index in [4.69, 9.17) is 9.47 Å². The maximum absolute atomic E-state index is 12.6. The number of hydrogen-bond acceptors (Lipinski definition) is 4. The van der Waals surface area contributed by atoms with Gasteiger partial charge in [0.2, 0.25) is 0 Å². The quantitative estimate of drug-likeness (QED) is 0.895. The fraction of sp³-hybridized carbons (Fsp3) is 0.300. The Balaban J connectivity index is 1.78. The molecule has 2 aromatic rings. The Morgan fingerprint density at radius 1 is 1.19 bits per heavy atom. The summed E-state index contributed by atoms with van der Waals surface area (Å²) in [6, 6.07) is 12.0. The summed E-state index contributed by atoms with van der Waals surface area (Å²) in [6.45, 7) is 6.04. The summed E-state index contributed by atoms with van der Waals surface area (Å²) in [7, 11) is 0. The van der Waals surface area contributed by atoms with Crippen LogP contribution in [0.1, 0.15) is 34.6 Å². The van der Waals surface area contributed by atoms with Gasteiger partial charge in [0.05, 0.1) is 18.7 Å². The van der Waals surface area contributed by atoms with Gasteiger partial charge in [0.1, 0.15) is 18.1 Å². The van der Waals surface area contributed by atoms with E-state index in [1.54, 1.807) is 47.4 Å². The fourth-order valence-electron chi connectivity index (χ4n) is 2.81. The Morgan fingerprint density at radius 3 is 2.65 bits per heavy atom. The topological polar surface area (TPSA) is 67.9 Å². The SMILES string of the molecule is CCOc1ccc(C(=O)Nc2ccc3c(c2)C(=O)N(CC)CCO3)cc1. The van der Waals surface area contributed by atoms with Crippen molar-refractivity contribution in [2.24, 2.45) is 0 Å². The van der Waals surface area contributed by atoms with Crippen molar-refractivity contribution in [1.82, 2.24) is 4.90 Å². The molecule has 0 saturated carbocycles. The molecule has 136 valence electrons. The standard InChI is InChI=1S/C20H22N2O4/c1-3-22-11-12-26-18-10-7-15(13-17(18)20(22)24)21-19(23)14-5-8-16(9-6-14)25-4-2/h5-10,13H,3-4,11-12H2,1-2H3,(H,21,23). The number of likely N-dealkylation sites (N-methyl/N-ethyl adjacent to an activating group) is 1. The fourth-order valence-corrected chi connectivity index (χ4v) is 2.81. The zero-order valence-electron chi connectivity index (χ0n) is 15.0. The summed E-state index contributed by atoms with van der Waals surface area (Å²) in [5, 5.41) is 2.83. The van der Waals surface area contributed by atoms with Gasteiger partial charge in [-0.1, -0.05) is 0 Å². The normalized spacial score (nSPS) is 13.5. The monoisotopic (exact) mass is 354 g/mol. The van der Waals surface area contributed by atoms with Crippen molar-refractivity contribution in [2.75, 3.05) is 31.6 Å². The van der Waals surface area contributed by atoms with E-state index in [2.05, 4.69) is 5.32 Å². The summed E-state index contributed by atoms with van der Waals surface area (Å²) in [5.41, 5.74) is 1.53. The van der Waals surface area contributed by atoms with Gasteiger partial charge in [0, 0.05) is 17.8 Å². The van der Waals surface area contributed by atoms with Crippen LogP contribution in [0.15, 0.2) is 42.5 Å². The van der Waals surface area contributed by atoms with Gasteiger partial charge in [0.15, 0.2) is 0 Å². The van der Waals surface area contributed by atoms with Crippen LogP contribution in [0.25, 0.3) is 0 Å². The molecule has 26 heavy (non-hydrogen) atoms. The second-order valence-corrected chi connectivity index (χ2v) is 5.86. The van der Waals surface area contributed by atoms with E-state index in [0.29, 0.717) is 48.9 Å². The van der Waals surface area contributed by atoms with Crippen molar-refractivity contribution in [2.45, 2.75) is 13.8 Å². The van der Waals surface area contributed by atoms with Crippen molar-refractivity contribution >= 4 is 17.5 Å². The predicted molar refractivity (Wildman–Crippen MR) is 99.1 cm³/mol. The van der Waals surface area contributed by atoms with E-state index >= 15 is 0 Å². The third-order valence-electron chi connectivity index (χ3n) is 4.18. The number of amides is 2. The van der Waals surface area contributed by atoms with Gasteiger partial charge in [-0.3, -0.25) is 9.59 Å². The first-order valence-corrected chi connectivity index (χ1v) is 8.72. The van der Waals surface area contributed by atoms with Crippen LogP contribution in [0.4, 0.5) is 5.69 Å². The second-order valence-electron chi connectivity index (χ2n) is 5.86. The lowest BCUT2D eigenvalue weighted by atomic mass is 10.1. The third kappa shape index (κ3) is 3.79.